The SMILES string of the molecule is ClOc1cccc2c1=NCCC=2. The van der Waals surface area contributed by atoms with E-state index in [4.69, 9.17) is 11.9 Å². The van der Waals surface area contributed by atoms with Crippen LogP contribution in [0.3, 0.4) is 0 Å². The molecule has 1 aromatic rings. The van der Waals surface area contributed by atoms with Gasteiger partial charge >= 0.3 is 0 Å². The third-order valence-corrected chi connectivity index (χ3v) is 2.04. The molecule has 0 amide bonds. The maximum absolute atomic E-state index is 5.29. The fourth-order valence-corrected chi connectivity index (χ4v) is 1.46. The molecule has 1 aromatic carbocycles. The summed E-state index contributed by atoms with van der Waals surface area (Å²) >= 11 is 5.29. The lowest BCUT2D eigenvalue weighted by molar-refractivity contribution is 0.605. The highest BCUT2D eigenvalue weighted by atomic mass is 35.5. The zero-order valence-electron chi connectivity index (χ0n) is 6.46. The van der Waals surface area contributed by atoms with Gasteiger partial charge in [0, 0.05) is 6.54 Å². The molecule has 0 N–H and O–H groups in total. The molecule has 12 heavy (non-hydrogen) atoms. The van der Waals surface area contributed by atoms with E-state index in [1.54, 1.807) is 0 Å². The average Bonchev–Trinajstić information content (AvgIpc) is 2.17. The Morgan fingerprint density at radius 1 is 1.42 bits per heavy atom. The van der Waals surface area contributed by atoms with Crippen LogP contribution in [0.4, 0.5) is 0 Å². The van der Waals surface area contributed by atoms with Crippen LogP contribution in [0.5, 0.6) is 5.75 Å². The topological polar surface area (TPSA) is 21.6 Å². The van der Waals surface area contributed by atoms with E-state index in [9.17, 15) is 0 Å². The Bertz CT molecular complexity index is 399. The molecule has 0 saturated heterocycles. The van der Waals surface area contributed by atoms with Crippen molar-refractivity contribution in [1.29, 1.82) is 0 Å². The fraction of sp³-hybridized carbons (Fsp3) is 0.222. The first-order chi connectivity index (χ1) is 5.92. The van der Waals surface area contributed by atoms with Crippen LogP contribution < -0.4 is 14.9 Å². The Balaban J connectivity index is 2.77. The van der Waals surface area contributed by atoms with Gasteiger partial charge in [-0.05, 0) is 17.7 Å². The molecule has 1 aliphatic heterocycles. The molecule has 0 atom stereocenters. The Hall–Kier alpha value is -1.02. The standard InChI is InChI=1S/C9H8ClNO/c10-12-8-5-1-3-7-4-2-6-11-9(7)8/h1,3-5H,2,6H2. The minimum Gasteiger partial charge on any atom is -0.383 e. The minimum absolute atomic E-state index is 0.644. The third-order valence-electron chi connectivity index (χ3n) is 1.88. The van der Waals surface area contributed by atoms with Gasteiger partial charge in [0.15, 0.2) is 5.75 Å². The quantitative estimate of drug-likeness (QED) is 0.634. The number of hydrogen-bond donors (Lipinski definition) is 0. The Morgan fingerprint density at radius 2 is 2.33 bits per heavy atom. The van der Waals surface area contributed by atoms with E-state index in [0.29, 0.717) is 5.75 Å². The van der Waals surface area contributed by atoms with Crippen molar-refractivity contribution >= 4 is 17.9 Å². The lowest BCUT2D eigenvalue weighted by atomic mass is 10.2. The molecule has 0 spiro atoms. The molecule has 0 unspecified atom stereocenters. The lowest BCUT2D eigenvalue weighted by Gasteiger charge is -2.01. The van der Waals surface area contributed by atoms with Crippen LogP contribution in [0.1, 0.15) is 6.42 Å². The summed E-state index contributed by atoms with van der Waals surface area (Å²) in [6.07, 6.45) is 3.14. The van der Waals surface area contributed by atoms with Crippen LogP contribution in [-0.4, -0.2) is 6.54 Å². The van der Waals surface area contributed by atoms with Crippen LogP contribution in [0.15, 0.2) is 23.2 Å². The largest absolute Gasteiger partial charge is 0.383 e. The van der Waals surface area contributed by atoms with E-state index >= 15 is 0 Å². The van der Waals surface area contributed by atoms with Crippen molar-refractivity contribution in [3.05, 3.63) is 28.8 Å². The second-order valence-electron chi connectivity index (χ2n) is 2.65. The summed E-state index contributed by atoms with van der Waals surface area (Å²) in [5, 5.41) is 1.98. The molecule has 2 nitrogen and oxygen atoms in total. The second kappa shape index (κ2) is 3.15. The first-order valence-corrected chi connectivity index (χ1v) is 4.15. The highest BCUT2D eigenvalue weighted by Gasteiger charge is 2.00. The van der Waals surface area contributed by atoms with Crippen molar-refractivity contribution < 1.29 is 4.29 Å². The summed E-state index contributed by atoms with van der Waals surface area (Å²) in [4.78, 5) is 4.32. The molecular formula is C9H8ClNO. The van der Waals surface area contributed by atoms with Gasteiger partial charge in [0.2, 0.25) is 0 Å². The number of benzene rings is 1. The van der Waals surface area contributed by atoms with Gasteiger partial charge in [0.1, 0.15) is 17.2 Å². The molecule has 62 valence electrons. The number of fused-ring (bicyclic) bond motifs is 1. The minimum atomic E-state index is 0.644. The van der Waals surface area contributed by atoms with Gasteiger partial charge in [-0.25, -0.2) is 0 Å². The summed E-state index contributed by atoms with van der Waals surface area (Å²) in [5.74, 6) is 0.644. The predicted molar refractivity (Wildman–Crippen MR) is 47.7 cm³/mol. The van der Waals surface area contributed by atoms with Gasteiger partial charge in [0.25, 0.3) is 0 Å². The lowest BCUT2D eigenvalue weighted by Crippen LogP contribution is -2.28. The van der Waals surface area contributed by atoms with Crippen molar-refractivity contribution in [2.75, 3.05) is 6.54 Å². The van der Waals surface area contributed by atoms with Crippen molar-refractivity contribution in [2.24, 2.45) is 4.99 Å². The van der Waals surface area contributed by atoms with E-state index in [-0.39, 0.29) is 0 Å². The van der Waals surface area contributed by atoms with E-state index < -0.39 is 0 Å². The molecule has 0 fully saturated rings. The first kappa shape index (κ1) is 7.62. The Kier molecular flexibility index (Phi) is 2.00. The summed E-state index contributed by atoms with van der Waals surface area (Å²) < 4.78 is 4.67. The summed E-state index contributed by atoms with van der Waals surface area (Å²) in [6, 6.07) is 5.74. The zero-order chi connectivity index (χ0) is 8.39. The zero-order valence-corrected chi connectivity index (χ0v) is 7.21. The van der Waals surface area contributed by atoms with Crippen molar-refractivity contribution in [3.8, 4) is 5.75 Å². The van der Waals surface area contributed by atoms with Crippen molar-refractivity contribution in [1.82, 2.24) is 0 Å². The average molecular weight is 182 g/mol. The third kappa shape index (κ3) is 1.18. The monoisotopic (exact) mass is 181 g/mol. The van der Waals surface area contributed by atoms with Crippen molar-refractivity contribution in [3.63, 3.8) is 0 Å². The summed E-state index contributed by atoms with van der Waals surface area (Å²) in [5.41, 5.74) is 0. The van der Waals surface area contributed by atoms with Crippen LogP contribution >= 0.6 is 11.9 Å². The van der Waals surface area contributed by atoms with Gasteiger partial charge in [-0.3, -0.25) is 4.99 Å². The summed E-state index contributed by atoms with van der Waals surface area (Å²) in [6.45, 7) is 0.824. The fourth-order valence-electron chi connectivity index (χ4n) is 1.33. The first-order valence-electron chi connectivity index (χ1n) is 3.84. The Labute approximate surface area is 75.3 Å². The van der Waals surface area contributed by atoms with Crippen LogP contribution in [0.25, 0.3) is 6.08 Å². The summed E-state index contributed by atoms with van der Waals surface area (Å²) in [7, 11) is 0. The molecule has 3 heteroatoms. The van der Waals surface area contributed by atoms with Crippen LogP contribution in [0.2, 0.25) is 0 Å². The van der Waals surface area contributed by atoms with Gasteiger partial charge < -0.3 is 4.29 Å². The molecule has 0 aliphatic carbocycles. The van der Waals surface area contributed by atoms with Gasteiger partial charge in [0.05, 0.1) is 0 Å². The number of halogens is 1. The highest BCUT2D eigenvalue weighted by Crippen LogP contribution is 2.02. The van der Waals surface area contributed by atoms with Gasteiger partial charge in [-0.1, -0.05) is 18.2 Å². The molecule has 1 heterocycles. The molecule has 1 aliphatic rings. The van der Waals surface area contributed by atoms with E-state index in [1.807, 2.05) is 18.2 Å². The van der Waals surface area contributed by atoms with Gasteiger partial charge in [-0.15, -0.1) is 0 Å². The van der Waals surface area contributed by atoms with Crippen LogP contribution in [-0.2, 0) is 0 Å². The predicted octanol–water partition coefficient (Wildman–Crippen LogP) is 1.02. The number of para-hydroxylation sites is 1. The van der Waals surface area contributed by atoms with Gasteiger partial charge in [-0.2, -0.15) is 0 Å². The van der Waals surface area contributed by atoms with Crippen LogP contribution in [0, 0.1) is 0 Å². The number of hydrogen-bond acceptors (Lipinski definition) is 2. The normalized spacial score (nSPS) is 14.1. The maximum Gasteiger partial charge on any atom is 0.172 e. The smallest absolute Gasteiger partial charge is 0.172 e. The second-order valence-corrected chi connectivity index (χ2v) is 2.80. The molecule has 2 rings (SSSR count). The Morgan fingerprint density at radius 3 is 3.17 bits per heavy atom. The number of rotatable bonds is 1. The van der Waals surface area contributed by atoms with E-state index in [0.717, 1.165) is 23.5 Å². The highest BCUT2D eigenvalue weighted by molar-refractivity contribution is 6.09. The molecule has 0 saturated carbocycles. The number of nitrogens with zero attached hydrogens (tertiary/aromatic N) is 1. The molecule has 0 bridgehead atoms. The molecule has 0 radical (unpaired) electrons. The molecular weight excluding hydrogens is 174 g/mol. The van der Waals surface area contributed by atoms with Crippen molar-refractivity contribution in [2.45, 2.75) is 6.42 Å². The van der Waals surface area contributed by atoms with E-state index in [2.05, 4.69) is 15.4 Å². The maximum atomic E-state index is 5.29. The van der Waals surface area contributed by atoms with E-state index in [1.165, 1.54) is 0 Å². The molecule has 0 aromatic heterocycles.